The van der Waals surface area contributed by atoms with Gasteiger partial charge in [0.1, 0.15) is 34.3 Å². The number of ketones is 1. The highest BCUT2D eigenvalue weighted by atomic mass is 35.5. The van der Waals surface area contributed by atoms with Crippen LogP contribution in [0.3, 0.4) is 0 Å². The van der Waals surface area contributed by atoms with Crippen molar-refractivity contribution in [2.24, 2.45) is 16.8 Å². The molecule has 1 fully saturated rings. The van der Waals surface area contributed by atoms with Crippen molar-refractivity contribution in [2.45, 2.75) is 30.6 Å². The number of amides is 2. The molecule has 1 aromatic rings. The molecular weight excluding hydrogens is 531 g/mol. The van der Waals surface area contributed by atoms with Gasteiger partial charge in [0.05, 0.1) is 6.54 Å². The first kappa shape index (κ1) is 27.7. The summed E-state index contributed by atoms with van der Waals surface area (Å²) in [6.07, 6.45) is 7.32. The number of carbonyl (C=O) groups is 3. The molecular formula is C26H30Cl2N6O4. The van der Waals surface area contributed by atoms with E-state index in [-0.39, 0.29) is 42.5 Å². The van der Waals surface area contributed by atoms with Crippen molar-refractivity contribution in [3.05, 3.63) is 48.3 Å². The van der Waals surface area contributed by atoms with Crippen LogP contribution in [0.4, 0.5) is 5.69 Å². The molecule has 0 saturated heterocycles. The van der Waals surface area contributed by atoms with Crippen LogP contribution in [-0.4, -0.2) is 70.7 Å². The number of ether oxygens (including phenoxy) is 1. The van der Waals surface area contributed by atoms with Gasteiger partial charge < -0.3 is 25.6 Å². The highest BCUT2D eigenvalue weighted by Gasteiger charge is 2.60. The molecule has 1 aliphatic carbocycles. The lowest BCUT2D eigenvalue weighted by atomic mass is 10.0. The van der Waals surface area contributed by atoms with Gasteiger partial charge in [-0.3, -0.25) is 19.8 Å². The fraction of sp³-hybridized carbons (Fsp3) is 0.423. The topological polar surface area (TPSA) is 136 Å². The van der Waals surface area contributed by atoms with Crippen molar-refractivity contribution in [3.8, 4) is 5.75 Å². The van der Waals surface area contributed by atoms with Crippen LogP contribution in [0.1, 0.15) is 25.8 Å². The van der Waals surface area contributed by atoms with Crippen LogP contribution in [-0.2, 0) is 14.4 Å². The summed E-state index contributed by atoms with van der Waals surface area (Å²) < 4.78 is 4.95. The molecule has 3 atom stereocenters. The minimum absolute atomic E-state index is 0.0271. The summed E-state index contributed by atoms with van der Waals surface area (Å²) in [6, 6.07) is 4.24. The second-order valence-corrected chi connectivity index (χ2v) is 10.8. The number of alkyl halides is 2. The maximum atomic E-state index is 13.0. The molecule has 0 radical (unpaired) electrons. The number of aliphatic imine (C=N–C) groups is 1. The summed E-state index contributed by atoms with van der Waals surface area (Å²) in [7, 11) is 0. The van der Waals surface area contributed by atoms with Crippen molar-refractivity contribution < 1.29 is 19.1 Å². The highest BCUT2D eigenvalue weighted by Crippen LogP contribution is 2.58. The Hall–Kier alpha value is -3.37. The maximum absolute atomic E-state index is 13.0. The van der Waals surface area contributed by atoms with Crippen LogP contribution in [0.2, 0.25) is 0 Å². The smallest absolute Gasteiger partial charge is 0.246 e. The summed E-state index contributed by atoms with van der Waals surface area (Å²) >= 11 is 12.3. The second-order valence-electron chi connectivity index (χ2n) is 9.37. The molecule has 1 aromatic carbocycles. The molecule has 10 nitrogen and oxygen atoms in total. The molecule has 4 rings (SSSR count). The van der Waals surface area contributed by atoms with Gasteiger partial charge in [-0.05, 0) is 36.6 Å². The van der Waals surface area contributed by atoms with Gasteiger partial charge in [0.2, 0.25) is 11.8 Å². The molecule has 2 unspecified atom stereocenters. The molecule has 12 heteroatoms. The van der Waals surface area contributed by atoms with E-state index >= 15 is 0 Å². The minimum Gasteiger partial charge on any atom is -0.486 e. The van der Waals surface area contributed by atoms with E-state index in [1.807, 2.05) is 13.0 Å². The summed E-state index contributed by atoms with van der Waals surface area (Å²) in [5, 5.41) is 17.2. The summed E-state index contributed by atoms with van der Waals surface area (Å²) in [5.41, 5.74) is 0.509. The number of rotatable bonds is 11. The Morgan fingerprint density at radius 3 is 2.71 bits per heavy atom. The minimum atomic E-state index is -0.829. The number of carbonyl (C=O) groups excluding carboxylic acids is 3. The van der Waals surface area contributed by atoms with Gasteiger partial charge in [0, 0.05) is 49.6 Å². The van der Waals surface area contributed by atoms with Crippen molar-refractivity contribution in [2.75, 3.05) is 31.6 Å². The predicted molar refractivity (Wildman–Crippen MR) is 147 cm³/mol. The fourth-order valence-corrected chi connectivity index (χ4v) is 5.01. The Labute approximate surface area is 231 Å². The van der Waals surface area contributed by atoms with Crippen molar-refractivity contribution >= 4 is 58.0 Å². The van der Waals surface area contributed by atoms with Crippen LogP contribution in [0.25, 0.3) is 0 Å². The second kappa shape index (κ2) is 11.6. The third-order valence-corrected chi connectivity index (χ3v) is 8.07. The van der Waals surface area contributed by atoms with E-state index < -0.39 is 16.2 Å². The van der Waals surface area contributed by atoms with Gasteiger partial charge in [0.15, 0.2) is 5.78 Å². The Bertz CT molecular complexity index is 1230. The normalized spacial score (nSPS) is 22.8. The van der Waals surface area contributed by atoms with E-state index in [1.165, 1.54) is 11.8 Å². The lowest BCUT2D eigenvalue weighted by molar-refractivity contribution is -0.135. The summed E-state index contributed by atoms with van der Waals surface area (Å²) in [4.78, 5) is 43.3. The molecule has 4 N–H and O–H groups in total. The first-order valence-corrected chi connectivity index (χ1v) is 13.0. The number of nitrogens with zero attached hydrogens (tertiary/aromatic N) is 2. The molecule has 0 aromatic heterocycles. The molecule has 1 saturated carbocycles. The number of anilines is 1. The first-order valence-electron chi connectivity index (χ1n) is 12.3. The molecule has 0 bridgehead atoms. The SMILES string of the molecule is CC(=O)C(=N)c1cc(OCC2=NC=CCN2)ccc1NCC(=O)N1C=CC[C@H]1C(=O)NCC1C(C)C1(Cl)Cl. The van der Waals surface area contributed by atoms with Crippen LogP contribution in [0.15, 0.2) is 47.7 Å². The van der Waals surface area contributed by atoms with Crippen LogP contribution >= 0.6 is 23.2 Å². The summed E-state index contributed by atoms with van der Waals surface area (Å²) in [5.74, 6) is 0.130. The van der Waals surface area contributed by atoms with Gasteiger partial charge >= 0.3 is 0 Å². The maximum Gasteiger partial charge on any atom is 0.246 e. The number of hydrogen-bond donors (Lipinski definition) is 4. The van der Waals surface area contributed by atoms with Crippen molar-refractivity contribution in [1.82, 2.24) is 15.5 Å². The average molecular weight is 561 g/mol. The molecule has 3 aliphatic rings. The van der Waals surface area contributed by atoms with Gasteiger partial charge in [-0.25, -0.2) is 4.99 Å². The molecule has 0 spiro atoms. The molecule has 2 aliphatic heterocycles. The molecule has 2 amide bonds. The largest absolute Gasteiger partial charge is 0.486 e. The summed E-state index contributed by atoms with van der Waals surface area (Å²) in [6.45, 7) is 4.28. The van der Waals surface area contributed by atoms with Crippen LogP contribution in [0, 0.1) is 17.2 Å². The number of benzene rings is 1. The van der Waals surface area contributed by atoms with Gasteiger partial charge in [0.25, 0.3) is 0 Å². The van der Waals surface area contributed by atoms with Gasteiger partial charge in [-0.2, -0.15) is 0 Å². The highest BCUT2D eigenvalue weighted by molar-refractivity contribution is 6.51. The average Bonchev–Trinajstić information content (AvgIpc) is 3.23. The Kier molecular flexibility index (Phi) is 8.42. The Morgan fingerprint density at radius 1 is 1.29 bits per heavy atom. The third kappa shape index (κ3) is 6.19. The van der Waals surface area contributed by atoms with E-state index in [9.17, 15) is 14.4 Å². The standard InChI is InChI=1S/C26H30Cl2N6O4/c1-15-19(26(15,27)28)12-33-25(37)21-5-3-10-34(21)23(36)13-32-20-7-6-17(11-18(20)24(29)16(2)35)38-14-22-30-8-4-9-31-22/h3-4,6-8,10-11,15,19,21,29,32H,5,9,12-14H2,1-2H3,(H,30,31)(H,33,37)/t15?,19?,21-/m0/s1. The number of nitrogens with one attached hydrogen (secondary N) is 4. The van der Waals surface area contributed by atoms with E-state index in [1.54, 1.807) is 36.7 Å². The van der Waals surface area contributed by atoms with Crippen molar-refractivity contribution in [1.29, 1.82) is 5.41 Å². The Morgan fingerprint density at radius 2 is 2.05 bits per heavy atom. The zero-order chi connectivity index (χ0) is 27.4. The zero-order valence-electron chi connectivity index (χ0n) is 21.1. The molecule has 2 heterocycles. The number of amidine groups is 1. The van der Waals surface area contributed by atoms with Gasteiger partial charge in [-0.1, -0.05) is 13.0 Å². The lowest BCUT2D eigenvalue weighted by Crippen LogP contribution is -2.47. The lowest BCUT2D eigenvalue weighted by Gasteiger charge is -2.24. The van der Waals surface area contributed by atoms with Crippen LogP contribution in [0.5, 0.6) is 5.75 Å². The first-order chi connectivity index (χ1) is 18.1. The van der Waals surface area contributed by atoms with Gasteiger partial charge in [-0.15, -0.1) is 23.2 Å². The fourth-order valence-electron chi connectivity index (χ4n) is 4.30. The number of hydrogen-bond acceptors (Lipinski definition) is 8. The third-order valence-electron chi connectivity index (χ3n) is 6.82. The van der Waals surface area contributed by atoms with Crippen molar-refractivity contribution in [3.63, 3.8) is 0 Å². The monoisotopic (exact) mass is 560 g/mol. The predicted octanol–water partition coefficient (Wildman–Crippen LogP) is 2.62. The van der Waals surface area contributed by atoms with E-state index in [4.69, 9.17) is 33.3 Å². The van der Waals surface area contributed by atoms with E-state index in [0.717, 1.165) is 0 Å². The molecule has 38 heavy (non-hydrogen) atoms. The molecule has 202 valence electrons. The number of halogens is 2. The van der Waals surface area contributed by atoms with E-state index in [2.05, 4.69) is 20.9 Å². The van der Waals surface area contributed by atoms with E-state index in [0.29, 0.717) is 42.3 Å². The zero-order valence-corrected chi connectivity index (χ0v) is 22.6. The van der Waals surface area contributed by atoms with Crippen LogP contribution < -0.4 is 20.7 Å². The Balaban J connectivity index is 1.37. The number of Topliss-reactive ketones (excluding diaryl/α,β-unsaturated/α-hetero) is 1. The quantitative estimate of drug-likeness (QED) is 0.242.